The van der Waals surface area contributed by atoms with Crippen LogP contribution in [0.2, 0.25) is 0 Å². The Bertz CT molecular complexity index is 256. The molecule has 3 nitrogen and oxygen atoms in total. The van der Waals surface area contributed by atoms with Crippen LogP contribution in [0.4, 0.5) is 0 Å². The quantitative estimate of drug-likeness (QED) is 0.437. The maximum absolute atomic E-state index is 10.3. The van der Waals surface area contributed by atoms with E-state index in [-0.39, 0.29) is 12.5 Å². The minimum absolute atomic E-state index is 0.273. The number of aliphatic hydroxyl groups excluding tert-OH is 1. The molecule has 0 aliphatic heterocycles. The Balaban J connectivity index is 3.35. The molecule has 18 heavy (non-hydrogen) atoms. The molecular formula is C15H26O3. The van der Waals surface area contributed by atoms with Gasteiger partial charge in [-0.15, -0.1) is 0 Å². The standard InChI is InChI=1S/C15H26O3/c1-2-3-4-8-11-14(16)12-9-6-5-7-10-13-15(17)18/h3-4,8,11,14,16H,2,5-7,9-10,12-13H2,1H3,(H,17,18)/b4-3+,11-8+. The minimum Gasteiger partial charge on any atom is -0.481 e. The number of allylic oxidation sites excluding steroid dienone is 3. The van der Waals surface area contributed by atoms with E-state index >= 15 is 0 Å². The van der Waals surface area contributed by atoms with Crippen LogP contribution in [0.1, 0.15) is 58.3 Å². The van der Waals surface area contributed by atoms with E-state index in [9.17, 15) is 9.90 Å². The van der Waals surface area contributed by atoms with Crippen molar-refractivity contribution in [3.63, 3.8) is 0 Å². The van der Waals surface area contributed by atoms with Crippen LogP contribution in [0, 0.1) is 0 Å². The molecule has 3 heteroatoms. The highest BCUT2D eigenvalue weighted by atomic mass is 16.4. The molecule has 0 spiro atoms. The number of aliphatic carboxylic acids is 1. The van der Waals surface area contributed by atoms with E-state index < -0.39 is 5.97 Å². The van der Waals surface area contributed by atoms with Gasteiger partial charge in [-0.05, 0) is 19.3 Å². The molecular weight excluding hydrogens is 228 g/mol. The number of carboxylic acid groups (broad SMARTS) is 1. The molecule has 0 bridgehead atoms. The highest BCUT2D eigenvalue weighted by molar-refractivity contribution is 5.66. The first-order valence-electron chi connectivity index (χ1n) is 6.90. The summed E-state index contributed by atoms with van der Waals surface area (Å²) >= 11 is 0. The molecule has 0 radical (unpaired) electrons. The van der Waals surface area contributed by atoms with Crippen LogP contribution in [0.15, 0.2) is 24.3 Å². The average Bonchev–Trinajstić information content (AvgIpc) is 2.33. The molecule has 0 aliphatic carbocycles. The van der Waals surface area contributed by atoms with Crippen molar-refractivity contribution >= 4 is 5.97 Å². The normalized spacial score (nSPS) is 13.4. The van der Waals surface area contributed by atoms with Crippen LogP contribution in [0.25, 0.3) is 0 Å². The van der Waals surface area contributed by atoms with Crippen molar-refractivity contribution in [3.05, 3.63) is 24.3 Å². The van der Waals surface area contributed by atoms with E-state index in [4.69, 9.17) is 5.11 Å². The topological polar surface area (TPSA) is 57.5 Å². The van der Waals surface area contributed by atoms with Gasteiger partial charge in [-0.1, -0.05) is 56.9 Å². The lowest BCUT2D eigenvalue weighted by Gasteiger charge is -2.04. The Morgan fingerprint density at radius 3 is 2.44 bits per heavy atom. The van der Waals surface area contributed by atoms with Crippen LogP contribution in [0.3, 0.4) is 0 Å². The van der Waals surface area contributed by atoms with Gasteiger partial charge in [0.05, 0.1) is 6.10 Å². The fourth-order valence-corrected chi connectivity index (χ4v) is 1.66. The van der Waals surface area contributed by atoms with Gasteiger partial charge in [0.2, 0.25) is 0 Å². The minimum atomic E-state index is -0.712. The summed E-state index contributed by atoms with van der Waals surface area (Å²) in [6, 6.07) is 0. The summed E-state index contributed by atoms with van der Waals surface area (Å²) in [6.45, 7) is 2.07. The Hall–Kier alpha value is -1.09. The molecule has 0 aliphatic rings. The second-order valence-electron chi connectivity index (χ2n) is 4.49. The van der Waals surface area contributed by atoms with Gasteiger partial charge in [0.15, 0.2) is 0 Å². The zero-order valence-electron chi connectivity index (χ0n) is 11.3. The smallest absolute Gasteiger partial charge is 0.303 e. The first-order valence-corrected chi connectivity index (χ1v) is 6.90. The molecule has 0 heterocycles. The third-order valence-corrected chi connectivity index (χ3v) is 2.71. The van der Waals surface area contributed by atoms with Crippen molar-refractivity contribution in [1.29, 1.82) is 0 Å². The Morgan fingerprint density at radius 2 is 1.78 bits per heavy atom. The van der Waals surface area contributed by atoms with Crippen molar-refractivity contribution < 1.29 is 15.0 Å². The SMILES string of the molecule is CC/C=C/C=C/C(O)CCCCCCCC(=O)O. The van der Waals surface area contributed by atoms with Crippen molar-refractivity contribution in [2.75, 3.05) is 0 Å². The third-order valence-electron chi connectivity index (χ3n) is 2.71. The van der Waals surface area contributed by atoms with Gasteiger partial charge in [0.1, 0.15) is 0 Å². The average molecular weight is 254 g/mol. The van der Waals surface area contributed by atoms with Gasteiger partial charge in [-0.3, -0.25) is 4.79 Å². The van der Waals surface area contributed by atoms with Crippen molar-refractivity contribution in [1.82, 2.24) is 0 Å². The summed E-state index contributed by atoms with van der Waals surface area (Å²) in [7, 11) is 0. The van der Waals surface area contributed by atoms with Gasteiger partial charge in [-0.25, -0.2) is 0 Å². The van der Waals surface area contributed by atoms with E-state index in [1.54, 1.807) is 0 Å². The highest BCUT2D eigenvalue weighted by Gasteiger charge is 1.99. The Kier molecular flexibility index (Phi) is 11.6. The Labute approximate surface area is 110 Å². The first kappa shape index (κ1) is 16.9. The van der Waals surface area contributed by atoms with Crippen LogP contribution in [-0.2, 0) is 4.79 Å². The molecule has 0 aromatic carbocycles. The monoisotopic (exact) mass is 254 g/mol. The zero-order chi connectivity index (χ0) is 13.6. The second-order valence-corrected chi connectivity index (χ2v) is 4.49. The summed E-state index contributed by atoms with van der Waals surface area (Å²) < 4.78 is 0. The lowest BCUT2D eigenvalue weighted by atomic mass is 10.1. The van der Waals surface area contributed by atoms with Crippen LogP contribution < -0.4 is 0 Å². The number of hydrogen-bond acceptors (Lipinski definition) is 2. The summed E-state index contributed by atoms with van der Waals surface area (Å²) in [5.41, 5.74) is 0. The fourth-order valence-electron chi connectivity index (χ4n) is 1.66. The zero-order valence-corrected chi connectivity index (χ0v) is 11.3. The maximum atomic E-state index is 10.3. The van der Waals surface area contributed by atoms with E-state index in [0.717, 1.165) is 44.9 Å². The molecule has 1 unspecified atom stereocenters. The van der Waals surface area contributed by atoms with Gasteiger partial charge < -0.3 is 10.2 Å². The van der Waals surface area contributed by atoms with Crippen molar-refractivity contribution in [2.24, 2.45) is 0 Å². The van der Waals surface area contributed by atoms with Crippen LogP contribution in [-0.4, -0.2) is 22.3 Å². The Morgan fingerprint density at radius 1 is 1.11 bits per heavy atom. The summed E-state index contributed by atoms with van der Waals surface area (Å²) in [4.78, 5) is 10.3. The fraction of sp³-hybridized carbons (Fsp3) is 0.667. The summed E-state index contributed by atoms with van der Waals surface area (Å²) in [5.74, 6) is -0.712. The maximum Gasteiger partial charge on any atom is 0.303 e. The van der Waals surface area contributed by atoms with Gasteiger partial charge in [0.25, 0.3) is 0 Å². The molecule has 0 aromatic rings. The molecule has 0 aromatic heterocycles. The molecule has 0 saturated carbocycles. The summed E-state index contributed by atoms with van der Waals surface area (Å²) in [5, 5.41) is 18.1. The predicted molar refractivity (Wildman–Crippen MR) is 74.5 cm³/mol. The van der Waals surface area contributed by atoms with E-state index in [1.807, 2.05) is 24.3 Å². The lowest BCUT2D eigenvalue weighted by molar-refractivity contribution is -0.137. The number of aliphatic hydroxyl groups is 1. The number of carboxylic acids is 1. The first-order chi connectivity index (χ1) is 8.66. The molecule has 0 amide bonds. The third kappa shape index (κ3) is 13.0. The van der Waals surface area contributed by atoms with Crippen LogP contribution in [0.5, 0.6) is 0 Å². The molecule has 104 valence electrons. The van der Waals surface area contributed by atoms with Gasteiger partial charge in [-0.2, -0.15) is 0 Å². The number of unbranched alkanes of at least 4 members (excludes halogenated alkanes) is 4. The van der Waals surface area contributed by atoms with Crippen molar-refractivity contribution in [3.8, 4) is 0 Å². The van der Waals surface area contributed by atoms with Crippen LogP contribution >= 0.6 is 0 Å². The molecule has 2 N–H and O–H groups in total. The second kappa shape index (κ2) is 12.4. The summed E-state index contributed by atoms with van der Waals surface area (Å²) in [6.07, 6.45) is 14.3. The number of hydrogen-bond donors (Lipinski definition) is 2. The predicted octanol–water partition coefficient (Wildman–Crippen LogP) is 3.69. The van der Waals surface area contributed by atoms with Gasteiger partial charge in [0, 0.05) is 6.42 Å². The number of rotatable bonds is 11. The van der Waals surface area contributed by atoms with Gasteiger partial charge >= 0.3 is 5.97 Å². The van der Waals surface area contributed by atoms with E-state index in [2.05, 4.69) is 6.92 Å². The molecule has 1 atom stereocenters. The van der Waals surface area contributed by atoms with E-state index in [1.165, 1.54) is 0 Å². The molecule has 0 saturated heterocycles. The molecule has 0 fully saturated rings. The van der Waals surface area contributed by atoms with E-state index in [0.29, 0.717) is 0 Å². The largest absolute Gasteiger partial charge is 0.481 e. The molecule has 0 rings (SSSR count). The van der Waals surface area contributed by atoms with Crippen molar-refractivity contribution in [2.45, 2.75) is 64.4 Å². The highest BCUT2D eigenvalue weighted by Crippen LogP contribution is 2.09. The lowest BCUT2D eigenvalue weighted by Crippen LogP contribution is -2.01. The number of carbonyl (C=O) groups is 1.